The van der Waals surface area contributed by atoms with Crippen molar-refractivity contribution in [3.05, 3.63) is 42.5 Å². The highest BCUT2D eigenvalue weighted by molar-refractivity contribution is 6.13. The SMILES string of the molecule is CCCn1cc(C(=O)/C=C/N(C)C)c2ccncc21. The van der Waals surface area contributed by atoms with Gasteiger partial charge in [-0.15, -0.1) is 0 Å². The minimum Gasteiger partial charge on any atom is -0.383 e. The maximum absolute atomic E-state index is 12.2. The van der Waals surface area contributed by atoms with E-state index in [-0.39, 0.29) is 5.78 Å². The molecule has 0 saturated carbocycles. The zero-order valence-electron chi connectivity index (χ0n) is 11.6. The highest BCUT2D eigenvalue weighted by Crippen LogP contribution is 2.21. The Morgan fingerprint density at radius 1 is 1.47 bits per heavy atom. The molecule has 0 aromatic carbocycles. The Bertz CT molecular complexity index is 611. The molecule has 19 heavy (non-hydrogen) atoms. The summed E-state index contributed by atoms with van der Waals surface area (Å²) in [7, 11) is 3.79. The molecule has 0 N–H and O–H groups in total. The van der Waals surface area contributed by atoms with Gasteiger partial charge in [0.2, 0.25) is 0 Å². The average molecular weight is 257 g/mol. The van der Waals surface area contributed by atoms with Crippen molar-refractivity contribution in [3.8, 4) is 0 Å². The number of rotatable bonds is 5. The Morgan fingerprint density at radius 3 is 2.95 bits per heavy atom. The quantitative estimate of drug-likeness (QED) is 0.610. The van der Waals surface area contributed by atoms with E-state index in [9.17, 15) is 4.79 Å². The molecule has 2 aromatic heterocycles. The summed E-state index contributed by atoms with van der Waals surface area (Å²) in [5, 5.41) is 0.969. The fourth-order valence-electron chi connectivity index (χ4n) is 2.07. The maximum Gasteiger partial charge on any atom is 0.189 e. The highest BCUT2D eigenvalue weighted by Gasteiger charge is 2.12. The number of hydrogen-bond donors (Lipinski definition) is 0. The van der Waals surface area contributed by atoms with Crippen LogP contribution >= 0.6 is 0 Å². The van der Waals surface area contributed by atoms with Crippen LogP contribution in [0.1, 0.15) is 23.7 Å². The van der Waals surface area contributed by atoms with Gasteiger partial charge in [-0.1, -0.05) is 6.92 Å². The molecule has 0 spiro atoms. The number of pyridine rings is 1. The third kappa shape index (κ3) is 2.84. The minimum absolute atomic E-state index is 0.0275. The Balaban J connectivity index is 2.46. The molecule has 100 valence electrons. The van der Waals surface area contributed by atoms with Crippen molar-refractivity contribution in [2.24, 2.45) is 0 Å². The molecular formula is C15H19N3O. The molecule has 0 fully saturated rings. The first-order valence-corrected chi connectivity index (χ1v) is 6.45. The minimum atomic E-state index is 0.0275. The van der Waals surface area contributed by atoms with Gasteiger partial charge in [-0.3, -0.25) is 9.78 Å². The van der Waals surface area contributed by atoms with E-state index in [0.29, 0.717) is 0 Å². The zero-order valence-corrected chi connectivity index (χ0v) is 11.6. The predicted octanol–water partition coefficient (Wildman–Crippen LogP) is 2.70. The molecule has 2 aromatic rings. The van der Waals surface area contributed by atoms with Gasteiger partial charge in [0.15, 0.2) is 5.78 Å². The van der Waals surface area contributed by atoms with Gasteiger partial charge in [-0.2, -0.15) is 0 Å². The van der Waals surface area contributed by atoms with Crippen LogP contribution in [-0.2, 0) is 6.54 Å². The lowest BCUT2D eigenvalue weighted by atomic mass is 10.1. The second-order valence-corrected chi connectivity index (χ2v) is 4.77. The maximum atomic E-state index is 12.2. The number of fused-ring (bicyclic) bond motifs is 1. The van der Waals surface area contributed by atoms with E-state index >= 15 is 0 Å². The van der Waals surface area contributed by atoms with Crippen molar-refractivity contribution >= 4 is 16.7 Å². The van der Waals surface area contributed by atoms with Crippen molar-refractivity contribution in [1.82, 2.24) is 14.5 Å². The van der Waals surface area contributed by atoms with Crippen LogP contribution in [0.15, 0.2) is 36.9 Å². The molecule has 0 aliphatic heterocycles. The number of allylic oxidation sites excluding steroid dienone is 1. The number of aryl methyl sites for hydroxylation is 1. The van der Waals surface area contributed by atoms with Crippen molar-refractivity contribution < 1.29 is 4.79 Å². The topological polar surface area (TPSA) is 38.1 Å². The average Bonchev–Trinajstić information content (AvgIpc) is 2.76. The summed E-state index contributed by atoms with van der Waals surface area (Å²) in [6.07, 6.45) is 9.87. The van der Waals surface area contributed by atoms with Crippen LogP contribution in [0.2, 0.25) is 0 Å². The van der Waals surface area contributed by atoms with E-state index in [0.717, 1.165) is 29.4 Å². The standard InChI is InChI=1S/C15H19N3O/c1-4-8-18-11-13(15(19)6-9-17(2)3)12-5-7-16-10-14(12)18/h5-7,9-11H,4,8H2,1-3H3/b9-6+. The van der Waals surface area contributed by atoms with Crippen LogP contribution < -0.4 is 0 Å². The number of ketones is 1. The van der Waals surface area contributed by atoms with E-state index in [1.807, 2.05) is 37.5 Å². The lowest BCUT2D eigenvalue weighted by Gasteiger charge is -2.02. The second-order valence-electron chi connectivity index (χ2n) is 4.77. The highest BCUT2D eigenvalue weighted by atomic mass is 16.1. The third-order valence-corrected chi connectivity index (χ3v) is 2.94. The summed E-state index contributed by atoms with van der Waals surface area (Å²) >= 11 is 0. The Morgan fingerprint density at radius 2 is 2.26 bits per heavy atom. The molecule has 0 amide bonds. The zero-order chi connectivity index (χ0) is 13.8. The van der Waals surface area contributed by atoms with Gasteiger partial charge >= 0.3 is 0 Å². The third-order valence-electron chi connectivity index (χ3n) is 2.94. The van der Waals surface area contributed by atoms with Crippen molar-refractivity contribution in [2.45, 2.75) is 19.9 Å². The van der Waals surface area contributed by atoms with E-state index in [1.54, 1.807) is 18.5 Å². The lowest BCUT2D eigenvalue weighted by molar-refractivity contribution is 0.104. The Kier molecular flexibility index (Phi) is 4.00. The van der Waals surface area contributed by atoms with Crippen molar-refractivity contribution in [2.75, 3.05) is 14.1 Å². The molecule has 2 heterocycles. The molecule has 4 heteroatoms. The van der Waals surface area contributed by atoms with E-state index in [4.69, 9.17) is 0 Å². The molecule has 0 saturated heterocycles. The molecule has 0 unspecified atom stereocenters. The van der Waals surface area contributed by atoms with Gasteiger partial charge in [0, 0.05) is 56.3 Å². The van der Waals surface area contributed by atoms with Crippen LogP contribution in [0.25, 0.3) is 10.9 Å². The molecule has 0 atom stereocenters. The van der Waals surface area contributed by atoms with Crippen LogP contribution in [0, 0.1) is 0 Å². The number of nitrogens with zero attached hydrogens (tertiary/aromatic N) is 3. The van der Waals surface area contributed by atoms with Gasteiger partial charge < -0.3 is 9.47 Å². The number of hydrogen-bond acceptors (Lipinski definition) is 3. The molecule has 0 bridgehead atoms. The summed E-state index contributed by atoms with van der Waals surface area (Å²) in [6.45, 7) is 3.02. The van der Waals surface area contributed by atoms with Gasteiger partial charge in [0.25, 0.3) is 0 Å². The fraction of sp³-hybridized carbons (Fsp3) is 0.333. The molecule has 2 rings (SSSR count). The first-order valence-electron chi connectivity index (χ1n) is 6.45. The molecule has 0 radical (unpaired) electrons. The summed E-state index contributed by atoms with van der Waals surface area (Å²) < 4.78 is 2.10. The van der Waals surface area contributed by atoms with E-state index in [2.05, 4.69) is 16.5 Å². The smallest absolute Gasteiger partial charge is 0.189 e. The number of carbonyl (C=O) groups excluding carboxylic acids is 1. The van der Waals surface area contributed by atoms with Crippen LogP contribution in [0.5, 0.6) is 0 Å². The molecule has 0 aliphatic carbocycles. The second kappa shape index (κ2) is 5.69. The van der Waals surface area contributed by atoms with Crippen LogP contribution in [0.3, 0.4) is 0 Å². The number of aromatic nitrogens is 2. The molecule has 4 nitrogen and oxygen atoms in total. The van der Waals surface area contributed by atoms with Crippen LogP contribution in [0.4, 0.5) is 0 Å². The van der Waals surface area contributed by atoms with Gasteiger partial charge in [-0.25, -0.2) is 0 Å². The molecular weight excluding hydrogens is 238 g/mol. The largest absolute Gasteiger partial charge is 0.383 e. The fourth-order valence-corrected chi connectivity index (χ4v) is 2.07. The van der Waals surface area contributed by atoms with Crippen LogP contribution in [-0.4, -0.2) is 34.3 Å². The first-order chi connectivity index (χ1) is 9.13. The van der Waals surface area contributed by atoms with Crippen molar-refractivity contribution in [3.63, 3.8) is 0 Å². The lowest BCUT2D eigenvalue weighted by Crippen LogP contribution is -2.03. The first kappa shape index (κ1) is 13.3. The van der Waals surface area contributed by atoms with Gasteiger partial charge in [-0.05, 0) is 12.5 Å². The van der Waals surface area contributed by atoms with Gasteiger partial charge in [0.1, 0.15) is 0 Å². The van der Waals surface area contributed by atoms with E-state index in [1.165, 1.54) is 0 Å². The summed E-state index contributed by atoms with van der Waals surface area (Å²) in [6, 6.07) is 1.90. The predicted molar refractivity (Wildman–Crippen MR) is 77.2 cm³/mol. The molecule has 0 aliphatic rings. The monoisotopic (exact) mass is 257 g/mol. The Labute approximate surface area is 113 Å². The summed E-state index contributed by atoms with van der Waals surface area (Å²) in [5.74, 6) is 0.0275. The summed E-state index contributed by atoms with van der Waals surface area (Å²) in [5.41, 5.74) is 1.76. The Hall–Kier alpha value is -2.10. The van der Waals surface area contributed by atoms with Gasteiger partial charge in [0.05, 0.1) is 11.7 Å². The van der Waals surface area contributed by atoms with Crippen molar-refractivity contribution in [1.29, 1.82) is 0 Å². The normalized spacial score (nSPS) is 11.3. The number of carbonyl (C=O) groups is 1. The summed E-state index contributed by atoms with van der Waals surface area (Å²) in [4.78, 5) is 18.2. The van der Waals surface area contributed by atoms with E-state index < -0.39 is 0 Å².